The largest absolute Gasteiger partial charge is 0.508 e. The van der Waals surface area contributed by atoms with Crippen LogP contribution in [0, 0.1) is 20.8 Å². The van der Waals surface area contributed by atoms with E-state index in [-0.39, 0.29) is 11.5 Å². The lowest BCUT2D eigenvalue weighted by Gasteiger charge is -2.12. The molecule has 0 aliphatic rings. The number of ether oxygens (including phenoxy) is 1. The first kappa shape index (κ1) is 22.3. The Balaban J connectivity index is 1.79. The molecule has 0 saturated heterocycles. The zero-order valence-electron chi connectivity index (χ0n) is 18.4. The molecule has 0 radical (unpaired) electrons. The fourth-order valence-corrected chi connectivity index (χ4v) is 5.01. The molecule has 0 saturated carbocycles. The standard InChI is InChI=1S/C27H22O5S/c1-15-12-16(2)24(17(3)13-15)25(31)27-26(21-10-7-19(28)14-22(21)33-27)32-20-8-4-18(5-9-20)6-11-23(29)30/h4-14,28H,1-3H3,(H,29,30)/b11-6+. The third-order valence-electron chi connectivity index (χ3n) is 5.26. The summed E-state index contributed by atoms with van der Waals surface area (Å²) in [7, 11) is 0. The number of aliphatic carboxylic acids is 1. The van der Waals surface area contributed by atoms with Gasteiger partial charge in [0.25, 0.3) is 0 Å². The van der Waals surface area contributed by atoms with Gasteiger partial charge in [-0.3, -0.25) is 4.79 Å². The van der Waals surface area contributed by atoms with Gasteiger partial charge in [-0.25, -0.2) is 4.79 Å². The monoisotopic (exact) mass is 458 g/mol. The van der Waals surface area contributed by atoms with Gasteiger partial charge in [0.1, 0.15) is 16.4 Å². The molecule has 1 aromatic heterocycles. The van der Waals surface area contributed by atoms with Crippen molar-refractivity contribution >= 4 is 39.3 Å². The highest BCUT2D eigenvalue weighted by Gasteiger charge is 2.24. The smallest absolute Gasteiger partial charge is 0.328 e. The quantitative estimate of drug-likeness (QED) is 0.249. The lowest BCUT2D eigenvalue weighted by Crippen LogP contribution is -2.06. The molecular formula is C27H22O5S. The molecule has 0 amide bonds. The van der Waals surface area contributed by atoms with Crippen LogP contribution in [0.15, 0.2) is 60.7 Å². The molecule has 2 N–H and O–H groups in total. The van der Waals surface area contributed by atoms with Gasteiger partial charge in [-0.2, -0.15) is 0 Å². The summed E-state index contributed by atoms with van der Waals surface area (Å²) >= 11 is 1.29. The molecule has 6 heteroatoms. The van der Waals surface area contributed by atoms with Crippen molar-refractivity contribution in [2.75, 3.05) is 0 Å². The third-order valence-corrected chi connectivity index (χ3v) is 6.39. The number of aromatic hydroxyl groups is 1. The van der Waals surface area contributed by atoms with Crippen LogP contribution in [0.5, 0.6) is 17.2 Å². The topological polar surface area (TPSA) is 83.8 Å². The van der Waals surface area contributed by atoms with Crippen LogP contribution in [0.1, 0.15) is 37.5 Å². The van der Waals surface area contributed by atoms with E-state index in [1.165, 1.54) is 17.4 Å². The van der Waals surface area contributed by atoms with Crippen LogP contribution in [0.25, 0.3) is 16.2 Å². The minimum Gasteiger partial charge on any atom is -0.508 e. The van der Waals surface area contributed by atoms with Crippen LogP contribution in [-0.2, 0) is 4.79 Å². The van der Waals surface area contributed by atoms with Crippen molar-refractivity contribution < 1.29 is 24.5 Å². The number of thiophene rings is 1. The van der Waals surface area contributed by atoms with Gasteiger partial charge in [0.15, 0.2) is 5.75 Å². The van der Waals surface area contributed by atoms with E-state index in [0.717, 1.165) is 32.9 Å². The first-order valence-corrected chi connectivity index (χ1v) is 11.1. The SMILES string of the molecule is Cc1cc(C)c(C(=O)c2sc3cc(O)ccc3c2Oc2ccc(/C=C/C(=O)O)cc2)c(C)c1. The lowest BCUT2D eigenvalue weighted by atomic mass is 9.95. The van der Waals surface area contributed by atoms with Gasteiger partial charge in [0, 0.05) is 21.7 Å². The van der Waals surface area contributed by atoms with Gasteiger partial charge >= 0.3 is 5.97 Å². The molecule has 0 spiro atoms. The van der Waals surface area contributed by atoms with E-state index in [9.17, 15) is 14.7 Å². The van der Waals surface area contributed by atoms with E-state index in [1.807, 2.05) is 32.9 Å². The minimum atomic E-state index is -1.02. The van der Waals surface area contributed by atoms with Crippen LogP contribution < -0.4 is 4.74 Å². The summed E-state index contributed by atoms with van der Waals surface area (Å²) in [6.45, 7) is 5.85. The van der Waals surface area contributed by atoms with E-state index in [1.54, 1.807) is 42.5 Å². The van der Waals surface area contributed by atoms with Crippen molar-refractivity contribution in [1.82, 2.24) is 0 Å². The summed E-state index contributed by atoms with van der Waals surface area (Å²) in [5.41, 5.74) is 4.26. The van der Waals surface area contributed by atoms with Crippen molar-refractivity contribution in [2.24, 2.45) is 0 Å². The number of hydrogen-bond acceptors (Lipinski definition) is 5. The Morgan fingerprint density at radius 2 is 1.61 bits per heavy atom. The molecule has 3 aromatic carbocycles. The van der Waals surface area contributed by atoms with E-state index in [4.69, 9.17) is 9.84 Å². The van der Waals surface area contributed by atoms with Crippen LogP contribution in [-0.4, -0.2) is 22.0 Å². The number of fused-ring (bicyclic) bond motifs is 1. The summed E-state index contributed by atoms with van der Waals surface area (Å²) in [6.07, 6.45) is 2.56. The van der Waals surface area contributed by atoms with Crippen LogP contribution in [0.4, 0.5) is 0 Å². The number of carboxylic acids is 1. The normalized spacial score (nSPS) is 11.2. The molecule has 0 aliphatic heterocycles. The first-order valence-electron chi connectivity index (χ1n) is 10.3. The predicted octanol–water partition coefficient (Wildman–Crippen LogP) is 6.65. The van der Waals surface area contributed by atoms with Crippen molar-refractivity contribution in [3.8, 4) is 17.2 Å². The average Bonchev–Trinajstić information content (AvgIpc) is 3.09. The number of aryl methyl sites for hydroxylation is 3. The van der Waals surface area contributed by atoms with E-state index in [2.05, 4.69) is 0 Å². The Labute approximate surface area is 195 Å². The fourth-order valence-electron chi connectivity index (χ4n) is 3.90. The number of rotatable bonds is 6. The van der Waals surface area contributed by atoms with Crippen LogP contribution in [0.3, 0.4) is 0 Å². The van der Waals surface area contributed by atoms with Crippen molar-refractivity contribution in [2.45, 2.75) is 20.8 Å². The molecule has 0 bridgehead atoms. The third kappa shape index (κ3) is 4.66. The number of hydrogen-bond donors (Lipinski definition) is 2. The Kier molecular flexibility index (Phi) is 6.03. The number of carbonyl (C=O) groups excluding carboxylic acids is 1. The summed E-state index contributed by atoms with van der Waals surface area (Å²) in [6, 6.07) is 15.8. The van der Waals surface area contributed by atoms with E-state index < -0.39 is 5.97 Å². The van der Waals surface area contributed by atoms with Gasteiger partial charge in [-0.15, -0.1) is 11.3 Å². The van der Waals surface area contributed by atoms with Gasteiger partial charge in [0.05, 0.1) is 0 Å². The first-order chi connectivity index (χ1) is 15.7. The van der Waals surface area contributed by atoms with Crippen LogP contribution >= 0.6 is 11.3 Å². The second kappa shape index (κ2) is 8.92. The molecule has 33 heavy (non-hydrogen) atoms. The second-order valence-corrected chi connectivity index (χ2v) is 8.94. The molecule has 0 fully saturated rings. The molecule has 0 unspecified atom stereocenters. The second-order valence-electron chi connectivity index (χ2n) is 7.89. The fraction of sp³-hybridized carbons (Fsp3) is 0.111. The summed E-state index contributed by atoms with van der Waals surface area (Å²) in [4.78, 5) is 24.9. The maximum atomic E-state index is 13.7. The van der Waals surface area contributed by atoms with Gasteiger partial charge < -0.3 is 14.9 Å². The number of ketones is 1. The highest BCUT2D eigenvalue weighted by atomic mass is 32.1. The molecular weight excluding hydrogens is 436 g/mol. The summed E-state index contributed by atoms with van der Waals surface area (Å²) in [5, 5.41) is 19.5. The Morgan fingerprint density at radius 3 is 2.24 bits per heavy atom. The molecule has 4 aromatic rings. The predicted molar refractivity (Wildman–Crippen MR) is 131 cm³/mol. The van der Waals surface area contributed by atoms with Crippen molar-refractivity contribution in [3.05, 3.63) is 93.4 Å². The maximum absolute atomic E-state index is 13.7. The average molecular weight is 459 g/mol. The highest BCUT2D eigenvalue weighted by molar-refractivity contribution is 7.21. The van der Waals surface area contributed by atoms with Crippen molar-refractivity contribution in [1.29, 1.82) is 0 Å². The molecule has 1 heterocycles. The van der Waals surface area contributed by atoms with Crippen LogP contribution in [0.2, 0.25) is 0 Å². The Bertz CT molecular complexity index is 1390. The number of carboxylic acid groups (broad SMARTS) is 1. The molecule has 166 valence electrons. The molecule has 0 aliphatic carbocycles. The number of phenols is 1. The Hall–Kier alpha value is -3.90. The van der Waals surface area contributed by atoms with E-state index >= 15 is 0 Å². The van der Waals surface area contributed by atoms with E-state index in [0.29, 0.717) is 27.5 Å². The summed E-state index contributed by atoms with van der Waals surface area (Å²) in [5.74, 6) is -0.0729. The van der Waals surface area contributed by atoms with Crippen molar-refractivity contribution in [3.63, 3.8) is 0 Å². The zero-order chi connectivity index (χ0) is 23.7. The maximum Gasteiger partial charge on any atom is 0.328 e. The number of carbonyl (C=O) groups is 2. The summed E-state index contributed by atoms with van der Waals surface area (Å²) < 4.78 is 6.94. The zero-order valence-corrected chi connectivity index (χ0v) is 19.2. The minimum absolute atomic E-state index is 0.117. The number of benzene rings is 3. The molecule has 4 rings (SSSR count). The number of phenolic OH excluding ortho intramolecular Hbond substituents is 1. The highest BCUT2D eigenvalue weighted by Crippen LogP contribution is 2.43. The van der Waals surface area contributed by atoms with Gasteiger partial charge in [-0.05, 0) is 73.9 Å². The Morgan fingerprint density at radius 1 is 0.939 bits per heavy atom. The lowest BCUT2D eigenvalue weighted by molar-refractivity contribution is -0.131. The molecule has 5 nitrogen and oxygen atoms in total. The van der Waals surface area contributed by atoms with Gasteiger partial charge in [-0.1, -0.05) is 29.8 Å². The molecule has 0 atom stereocenters. The van der Waals surface area contributed by atoms with Gasteiger partial charge in [0.2, 0.25) is 5.78 Å².